The highest BCUT2D eigenvalue weighted by molar-refractivity contribution is 5.87. The largest absolute Gasteiger partial charge is 0.303 e. The molecular weight excluding hydrogens is 258 g/mol. The number of aldehydes is 1. The van der Waals surface area contributed by atoms with Crippen LogP contribution in [0.1, 0.15) is 30.1 Å². The van der Waals surface area contributed by atoms with E-state index < -0.39 is 5.92 Å². The topological polar surface area (TPSA) is 98.6 Å². The van der Waals surface area contributed by atoms with E-state index in [0.29, 0.717) is 25.0 Å². The van der Waals surface area contributed by atoms with E-state index in [2.05, 4.69) is 25.1 Å². The minimum absolute atomic E-state index is 0.0693. The van der Waals surface area contributed by atoms with Crippen LogP contribution in [0.5, 0.6) is 0 Å². The second-order valence-corrected chi connectivity index (χ2v) is 4.17. The Bertz CT molecular complexity index is 561. The van der Waals surface area contributed by atoms with Crippen molar-refractivity contribution in [1.82, 2.24) is 25.1 Å². The molecule has 1 atom stereocenters. The monoisotopic (exact) mass is 271 g/mol. The highest BCUT2D eigenvalue weighted by atomic mass is 16.1. The zero-order valence-corrected chi connectivity index (χ0v) is 10.7. The van der Waals surface area contributed by atoms with E-state index in [-0.39, 0.29) is 12.2 Å². The normalized spacial score (nSPS) is 11.8. The van der Waals surface area contributed by atoms with E-state index >= 15 is 0 Å². The van der Waals surface area contributed by atoms with Crippen LogP contribution in [0.4, 0.5) is 0 Å². The Hall–Kier alpha value is -2.57. The summed E-state index contributed by atoms with van der Waals surface area (Å²) in [5, 5.41) is 7.43. The molecule has 0 bridgehead atoms. The van der Waals surface area contributed by atoms with Crippen LogP contribution in [0, 0.1) is 0 Å². The quantitative estimate of drug-likeness (QED) is 0.677. The molecule has 0 aliphatic carbocycles. The third-order valence-corrected chi connectivity index (χ3v) is 2.85. The summed E-state index contributed by atoms with van der Waals surface area (Å²) < 4.78 is 0. The SMILES string of the molecule is O=CCC(C(=O)CCc1ccnnc1)c1ncncn1. The van der Waals surface area contributed by atoms with Gasteiger partial charge < -0.3 is 4.79 Å². The molecule has 0 aromatic carbocycles. The molecule has 7 nitrogen and oxygen atoms in total. The van der Waals surface area contributed by atoms with Crippen LogP contribution in [0.3, 0.4) is 0 Å². The molecule has 7 heteroatoms. The van der Waals surface area contributed by atoms with E-state index in [1.54, 1.807) is 18.5 Å². The molecule has 1 unspecified atom stereocenters. The van der Waals surface area contributed by atoms with Crippen molar-refractivity contribution in [2.75, 3.05) is 0 Å². The van der Waals surface area contributed by atoms with Crippen LogP contribution < -0.4 is 0 Å². The summed E-state index contributed by atoms with van der Waals surface area (Å²) in [5.41, 5.74) is 0.925. The molecule has 0 saturated carbocycles. The molecule has 0 spiro atoms. The number of rotatable bonds is 7. The molecule has 102 valence electrons. The van der Waals surface area contributed by atoms with E-state index in [1.807, 2.05) is 0 Å². The van der Waals surface area contributed by atoms with E-state index in [1.165, 1.54) is 12.7 Å². The standard InChI is InChI=1S/C13H13N5O2/c19-6-4-11(13-15-8-14-9-16-13)12(20)2-1-10-3-5-17-18-7-10/h3,5-9,11H,1-2,4H2. The lowest BCUT2D eigenvalue weighted by atomic mass is 9.95. The van der Waals surface area contributed by atoms with Gasteiger partial charge in [0.15, 0.2) is 0 Å². The van der Waals surface area contributed by atoms with Crippen molar-refractivity contribution >= 4 is 12.1 Å². The minimum Gasteiger partial charge on any atom is -0.303 e. The van der Waals surface area contributed by atoms with E-state index in [4.69, 9.17) is 0 Å². The van der Waals surface area contributed by atoms with Crippen LogP contribution in [0.2, 0.25) is 0 Å². The number of Topliss-reactive ketones (excluding diaryl/α,β-unsaturated/α-hetero) is 1. The summed E-state index contributed by atoms with van der Waals surface area (Å²) in [4.78, 5) is 34.5. The van der Waals surface area contributed by atoms with Crippen molar-refractivity contribution in [1.29, 1.82) is 0 Å². The van der Waals surface area contributed by atoms with Crippen molar-refractivity contribution in [3.63, 3.8) is 0 Å². The number of aromatic nitrogens is 5. The summed E-state index contributed by atoms with van der Waals surface area (Å²) in [6.45, 7) is 0. The molecule has 2 aromatic heterocycles. The van der Waals surface area contributed by atoms with E-state index in [0.717, 1.165) is 5.56 Å². The summed E-state index contributed by atoms with van der Waals surface area (Å²) in [5.74, 6) is -0.338. The fourth-order valence-corrected chi connectivity index (χ4v) is 1.81. The van der Waals surface area contributed by atoms with Crippen LogP contribution in [-0.2, 0) is 16.0 Å². The number of nitrogens with zero attached hydrogens (tertiary/aromatic N) is 5. The first-order chi connectivity index (χ1) is 9.81. The highest BCUT2D eigenvalue weighted by Gasteiger charge is 2.22. The Morgan fingerprint density at radius 1 is 1.25 bits per heavy atom. The van der Waals surface area contributed by atoms with Gasteiger partial charge in [-0.15, -0.1) is 0 Å². The minimum atomic E-state index is -0.606. The van der Waals surface area contributed by atoms with Gasteiger partial charge in [0.25, 0.3) is 0 Å². The van der Waals surface area contributed by atoms with Gasteiger partial charge in [0, 0.05) is 19.0 Å². The molecule has 2 rings (SSSR count). The van der Waals surface area contributed by atoms with Crippen LogP contribution in [0.25, 0.3) is 0 Å². The first-order valence-corrected chi connectivity index (χ1v) is 6.15. The maximum Gasteiger partial charge on any atom is 0.144 e. The maximum atomic E-state index is 12.2. The van der Waals surface area contributed by atoms with Gasteiger partial charge in [-0.2, -0.15) is 10.2 Å². The van der Waals surface area contributed by atoms with Gasteiger partial charge >= 0.3 is 0 Å². The van der Waals surface area contributed by atoms with E-state index in [9.17, 15) is 9.59 Å². The molecule has 0 saturated heterocycles. The van der Waals surface area contributed by atoms with Crippen LogP contribution in [-0.4, -0.2) is 37.2 Å². The number of carbonyl (C=O) groups is 2. The number of ketones is 1. The van der Waals surface area contributed by atoms with Gasteiger partial charge in [-0.3, -0.25) is 4.79 Å². The Morgan fingerprint density at radius 2 is 2.05 bits per heavy atom. The number of hydrogen-bond acceptors (Lipinski definition) is 7. The average Bonchev–Trinajstić information content (AvgIpc) is 2.52. The molecule has 0 radical (unpaired) electrons. The Kier molecular flexibility index (Phi) is 4.94. The smallest absolute Gasteiger partial charge is 0.144 e. The molecule has 0 N–H and O–H groups in total. The molecule has 20 heavy (non-hydrogen) atoms. The lowest BCUT2D eigenvalue weighted by molar-refractivity contribution is -0.122. The third kappa shape index (κ3) is 3.71. The van der Waals surface area contributed by atoms with Crippen molar-refractivity contribution in [2.24, 2.45) is 0 Å². The summed E-state index contributed by atoms with van der Waals surface area (Å²) in [7, 11) is 0. The number of aryl methyl sites for hydroxylation is 1. The van der Waals surface area contributed by atoms with Crippen molar-refractivity contribution in [2.45, 2.75) is 25.2 Å². The molecule has 0 aliphatic rings. The fourth-order valence-electron chi connectivity index (χ4n) is 1.81. The van der Waals surface area contributed by atoms with Crippen LogP contribution >= 0.6 is 0 Å². The fraction of sp³-hybridized carbons (Fsp3) is 0.308. The van der Waals surface area contributed by atoms with Gasteiger partial charge in [0.1, 0.15) is 30.5 Å². The zero-order valence-electron chi connectivity index (χ0n) is 10.7. The molecule has 2 aromatic rings. The first kappa shape index (κ1) is 13.9. The molecule has 2 heterocycles. The average molecular weight is 271 g/mol. The first-order valence-electron chi connectivity index (χ1n) is 6.15. The molecule has 0 amide bonds. The predicted octanol–water partition coefficient (Wildman–Crippen LogP) is 0.536. The third-order valence-electron chi connectivity index (χ3n) is 2.85. The van der Waals surface area contributed by atoms with Crippen molar-refractivity contribution in [3.8, 4) is 0 Å². The molecular formula is C13H13N5O2. The summed E-state index contributed by atoms with van der Waals surface area (Å²) in [6.07, 6.45) is 7.47. The van der Waals surface area contributed by atoms with Gasteiger partial charge in [-0.05, 0) is 18.1 Å². The summed E-state index contributed by atoms with van der Waals surface area (Å²) in [6, 6.07) is 1.80. The predicted molar refractivity (Wildman–Crippen MR) is 68.6 cm³/mol. The van der Waals surface area contributed by atoms with Gasteiger partial charge in [0.2, 0.25) is 0 Å². The second kappa shape index (κ2) is 7.13. The van der Waals surface area contributed by atoms with Gasteiger partial charge in [0.05, 0.1) is 12.1 Å². The lowest BCUT2D eigenvalue weighted by Crippen LogP contribution is -2.17. The van der Waals surface area contributed by atoms with Gasteiger partial charge in [-0.1, -0.05) is 0 Å². The maximum absolute atomic E-state index is 12.2. The van der Waals surface area contributed by atoms with Crippen molar-refractivity contribution < 1.29 is 9.59 Å². The van der Waals surface area contributed by atoms with Crippen molar-refractivity contribution in [3.05, 3.63) is 42.5 Å². The Balaban J connectivity index is 2.02. The number of hydrogen-bond donors (Lipinski definition) is 0. The van der Waals surface area contributed by atoms with Crippen LogP contribution in [0.15, 0.2) is 31.1 Å². The lowest BCUT2D eigenvalue weighted by Gasteiger charge is -2.10. The Morgan fingerprint density at radius 3 is 2.70 bits per heavy atom. The van der Waals surface area contributed by atoms with Gasteiger partial charge in [-0.25, -0.2) is 15.0 Å². The zero-order chi connectivity index (χ0) is 14.2. The summed E-state index contributed by atoms with van der Waals surface area (Å²) >= 11 is 0. The second-order valence-electron chi connectivity index (χ2n) is 4.17. The molecule has 0 fully saturated rings. The Labute approximate surface area is 115 Å². The number of carbonyl (C=O) groups excluding carboxylic acids is 2. The molecule has 0 aliphatic heterocycles. The highest BCUT2D eigenvalue weighted by Crippen LogP contribution is 2.18.